The maximum Gasteiger partial charge on any atom is 0.424 e. The van der Waals surface area contributed by atoms with Crippen LogP contribution in [0.25, 0.3) is 66.6 Å². The lowest BCUT2D eigenvalue weighted by Gasteiger charge is -2.27. The zero-order valence-electron chi connectivity index (χ0n) is 74.0. The molecule has 35 heteroatoms. The maximum absolute atomic E-state index is 13.8. The third-order valence-corrected chi connectivity index (χ3v) is 24.8. The van der Waals surface area contributed by atoms with E-state index in [0.717, 1.165) is 65.6 Å². The minimum Gasteiger partial charge on any atom is -0.497 e. The number of H-pyrrole nitrogens is 1. The number of pyridine rings is 4. The molecule has 0 aliphatic heterocycles. The molecule has 13 aromatic rings. The maximum atomic E-state index is 13.8. The lowest BCUT2D eigenvalue weighted by molar-refractivity contribution is 0.0369. The smallest absolute Gasteiger partial charge is 0.424 e. The van der Waals surface area contributed by atoms with Crippen molar-refractivity contribution in [2.45, 2.75) is 191 Å². The summed E-state index contributed by atoms with van der Waals surface area (Å²) >= 11 is 8.90. The predicted molar refractivity (Wildman–Crippen MR) is 503 cm³/mol. The number of amides is 2. The van der Waals surface area contributed by atoms with Crippen LogP contribution in [-0.2, 0) is 77.8 Å². The molecule has 0 radical (unpaired) electrons. The molecule has 0 bridgehead atoms. The highest BCUT2D eigenvalue weighted by Gasteiger charge is 2.38. The molecule has 0 saturated heterocycles. The number of carbonyl (C=O) groups excluding carboxylic acids is 5. The number of alkyl halides is 1. The van der Waals surface area contributed by atoms with Gasteiger partial charge < -0.3 is 38.1 Å². The second kappa shape index (κ2) is 39.7. The fourth-order valence-electron chi connectivity index (χ4n) is 12.3. The first-order valence-electron chi connectivity index (χ1n) is 39.8. The van der Waals surface area contributed by atoms with E-state index >= 15 is 0 Å². The number of aryl methyl sites for hydroxylation is 3. The Bertz CT molecular complexity index is 6600. The second-order valence-electron chi connectivity index (χ2n) is 34.3. The normalized spacial score (nSPS) is 12.1. The predicted octanol–water partition coefficient (Wildman–Crippen LogP) is 21.5. The van der Waals surface area contributed by atoms with Crippen LogP contribution in [0.1, 0.15) is 143 Å². The summed E-state index contributed by atoms with van der Waals surface area (Å²) in [6, 6.07) is 48.7. The van der Waals surface area contributed by atoms with Gasteiger partial charge in [-0.1, -0.05) is 99.9 Å². The highest BCUT2D eigenvalue weighted by Crippen LogP contribution is 2.35. The van der Waals surface area contributed by atoms with Crippen molar-refractivity contribution in [2.24, 2.45) is 0 Å². The Labute approximate surface area is 769 Å². The van der Waals surface area contributed by atoms with Gasteiger partial charge in [0.1, 0.15) is 60.0 Å². The fraction of sp³-hybridized carbons (Fsp3) is 0.315. The van der Waals surface area contributed by atoms with Crippen molar-refractivity contribution in [1.82, 2.24) is 52.0 Å². The van der Waals surface area contributed by atoms with Gasteiger partial charge in [0.2, 0.25) is 10.0 Å². The summed E-state index contributed by atoms with van der Waals surface area (Å²) in [5.41, 5.74) is 6.25. The summed E-state index contributed by atoms with van der Waals surface area (Å²) < 4.78 is 128. The van der Waals surface area contributed by atoms with Gasteiger partial charge in [-0.2, -0.15) is 8.61 Å². The van der Waals surface area contributed by atoms with E-state index < -0.39 is 95.1 Å². The number of ether oxygens (including phenoxy) is 7. The van der Waals surface area contributed by atoms with Crippen molar-refractivity contribution in [2.75, 3.05) is 14.2 Å². The van der Waals surface area contributed by atoms with Gasteiger partial charge in [-0.15, -0.1) is 0 Å². The first kappa shape index (κ1) is 98.1. The average molecular weight is 2030 g/mol. The number of carbonyl (C=O) groups is 5. The number of methoxy groups -OCH3 is 2. The third kappa shape index (κ3) is 25.7. The second-order valence-corrected chi connectivity index (χ2v) is 42.2. The highest BCUT2D eigenvalue weighted by atomic mass is 127. The Kier molecular flexibility index (Phi) is 30.6. The van der Waals surface area contributed by atoms with Crippen LogP contribution in [0.5, 0.6) is 11.5 Å². The third-order valence-electron chi connectivity index (χ3n) is 18.2. The van der Waals surface area contributed by atoms with Crippen LogP contribution in [0.15, 0.2) is 219 Å². The SMILES string of the molecule is CC(C)(C)OC(=O)n1cc(CI)c2ccc(Br)nc21.COc1cccc(-c2ccc3c(CN(C(=O)OC(C)(C)C)S(=O)(=O)c4ccc(C)cc4)cn(C(=O)OC(C)(C)C)c3n2)c1.COc1cccc(-c2ccc3c(CNS(=O)(=O)c4ccc(C)cc4)c[nH]c3n2)c1.Cc1ccc(S(=O)(=O)N(Cc2cn(C(=O)OC(C)(C)C)c3nc(Br)ccc23)C(=O)OC(C)(C)C)cc1. The average Bonchev–Trinajstić information content (AvgIpc) is 1.63. The first-order chi connectivity index (χ1) is 59.2. The van der Waals surface area contributed by atoms with E-state index in [0.29, 0.717) is 62.5 Å². The lowest BCUT2D eigenvalue weighted by atomic mass is 10.1. The summed E-state index contributed by atoms with van der Waals surface area (Å²) in [6.07, 6.45) is 2.58. The van der Waals surface area contributed by atoms with E-state index in [4.69, 9.17) is 38.1 Å². The molecule has 0 saturated carbocycles. The highest BCUT2D eigenvalue weighted by molar-refractivity contribution is 14.1. The number of sulfonamides is 3. The van der Waals surface area contributed by atoms with E-state index in [2.05, 4.69) is 79.1 Å². The number of benzene rings is 5. The Morgan fingerprint density at radius 1 is 0.417 bits per heavy atom. The van der Waals surface area contributed by atoms with Crippen molar-refractivity contribution in [1.29, 1.82) is 0 Å². The molecular formula is C92H102Br2IN11O18S3. The molecule has 29 nitrogen and oxygen atoms in total. The van der Waals surface area contributed by atoms with E-state index in [1.165, 1.54) is 50.4 Å². The number of rotatable bonds is 17. The zero-order chi connectivity index (χ0) is 93.4. The molecule has 127 heavy (non-hydrogen) atoms. The molecule has 0 fully saturated rings. The molecule has 0 aliphatic rings. The van der Waals surface area contributed by atoms with Crippen molar-refractivity contribution in [3.8, 4) is 34.0 Å². The van der Waals surface area contributed by atoms with Crippen LogP contribution >= 0.6 is 54.5 Å². The van der Waals surface area contributed by atoms with E-state index in [1.54, 1.807) is 182 Å². The van der Waals surface area contributed by atoms with Gasteiger partial charge in [0.05, 0.1) is 53.4 Å². The Morgan fingerprint density at radius 3 is 1.13 bits per heavy atom. The molecule has 8 aromatic heterocycles. The quantitative estimate of drug-likeness (QED) is 0.0370. The number of fused-ring (bicyclic) bond motifs is 4. The number of aromatic nitrogens is 8. The molecule has 672 valence electrons. The molecule has 2 amide bonds. The Morgan fingerprint density at radius 2 is 0.756 bits per heavy atom. The summed E-state index contributed by atoms with van der Waals surface area (Å²) in [6.45, 7) is 30.8. The van der Waals surface area contributed by atoms with Crippen LogP contribution in [0.3, 0.4) is 0 Å². The van der Waals surface area contributed by atoms with Gasteiger partial charge in [-0.25, -0.2) is 87.6 Å². The van der Waals surface area contributed by atoms with Gasteiger partial charge in [0.15, 0.2) is 11.3 Å². The summed E-state index contributed by atoms with van der Waals surface area (Å²) in [5, 5.41) is 2.80. The number of nitrogens with zero attached hydrogens (tertiary/aromatic N) is 9. The number of halogens is 3. The molecule has 0 spiro atoms. The van der Waals surface area contributed by atoms with E-state index in [9.17, 15) is 49.2 Å². The van der Waals surface area contributed by atoms with E-state index in [1.807, 2.05) is 114 Å². The molecule has 13 rings (SSSR count). The Balaban J connectivity index is 0.000000183. The fourth-order valence-corrected chi connectivity index (χ4v) is 17.1. The van der Waals surface area contributed by atoms with Crippen molar-refractivity contribution < 1.29 is 82.4 Å². The zero-order valence-corrected chi connectivity index (χ0v) is 81.8. The summed E-state index contributed by atoms with van der Waals surface area (Å²) in [4.78, 5) is 86.5. The van der Waals surface area contributed by atoms with E-state index in [-0.39, 0.29) is 39.1 Å². The first-order valence-corrected chi connectivity index (χ1v) is 47.3. The molecule has 0 unspecified atom stereocenters. The van der Waals surface area contributed by atoms with Crippen LogP contribution in [0.2, 0.25) is 0 Å². The van der Waals surface area contributed by atoms with Crippen LogP contribution in [-0.4, -0.2) is 145 Å². The van der Waals surface area contributed by atoms with Crippen molar-refractivity contribution >= 4 is 159 Å². The van der Waals surface area contributed by atoms with Gasteiger partial charge in [-0.05, 0) is 277 Å². The van der Waals surface area contributed by atoms with Crippen LogP contribution in [0.4, 0.5) is 24.0 Å². The lowest BCUT2D eigenvalue weighted by Crippen LogP contribution is -2.40. The van der Waals surface area contributed by atoms with Gasteiger partial charge in [-0.3, -0.25) is 0 Å². The van der Waals surface area contributed by atoms with Gasteiger partial charge >= 0.3 is 30.5 Å². The minimum atomic E-state index is -4.36. The summed E-state index contributed by atoms with van der Waals surface area (Å²) in [5.74, 6) is 1.40. The standard InChI is InChI=1S/C32H37N3O7S.C25H30BrN3O6S.C22H21N3O3S.C13H14BrIN2O2/c1-21-12-14-25(15-13-21)43(38,39)35(30(37)42-32(5,6)7)20-23-19-34(29(36)41-31(2,3)4)28-26(23)16-17-27(33-28)22-10-9-11-24(18-22)40-8;1-16-8-10-18(11-9-16)36(32,33)29(23(31)35-25(5,6)7)15-17-14-28(22(30)34-24(2,3)4)21-19(17)12-13-20(26)27-21;1-15-6-8-19(9-7-15)29(26,27)24-14-17-13-23-22-20(17)10-11-21(25-22)16-4-3-5-18(12-16)28-2;1-13(2,3)19-12(18)17-7-8(6-15)9-4-5-10(14)16-11(9)17/h9-19H,20H2,1-8H3;8-14H,15H2,1-7H3;3-13,24H,14H2,1-2H3,(H,23,25);4-5,7H,6H2,1-3H3. The van der Waals surface area contributed by atoms with Crippen molar-refractivity contribution in [3.63, 3.8) is 0 Å². The summed E-state index contributed by atoms with van der Waals surface area (Å²) in [7, 11) is -9.04. The number of nitrogens with one attached hydrogen (secondary N) is 2. The Hall–Kier alpha value is -11.1. The van der Waals surface area contributed by atoms with Gasteiger partial charge in [0.25, 0.3) is 20.0 Å². The largest absolute Gasteiger partial charge is 0.497 e. The molecule has 8 heterocycles. The monoisotopic (exact) mass is 2030 g/mol. The van der Waals surface area contributed by atoms with Gasteiger partial charge in [0, 0.05) is 79.6 Å². The molecule has 5 aromatic carbocycles. The van der Waals surface area contributed by atoms with Crippen LogP contribution in [0, 0.1) is 20.8 Å². The number of hydrogen-bond acceptors (Lipinski definition) is 22. The molecule has 0 aliphatic carbocycles. The molecular weight excluding hydrogens is 1930 g/mol. The molecule has 0 atom stereocenters. The number of aromatic amines is 1. The van der Waals surface area contributed by atoms with Crippen LogP contribution < -0.4 is 14.2 Å². The topological polar surface area (TPSA) is 353 Å². The minimum absolute atomic E-state index is 0.0595. The molecule has 2 N–H and O–H groups in total. The van der Waals surface area contributed by atoms with Crippen molar-refractivity contribution in [3.05, 3.63) is 243 Å². The number of hydrogen-bond donors (Lipinski definition) is 2.